The Hall–Kier alpha value is -2.83. The second-order valence-corrected chi connectivity index (χ2v) is 5.28. The quantitative estimate of drug-likeness (QED) is 0.546. The molecule has 3 N–H and O–H groups in total. The molecule has 0 unspecified atom stereocenters. The number of rotatable bonds is 6. The Kier molecular flexibility index (Phi) is 6.36. The van der Waals surface area contributed by atoms with Gasteiger partial charge in [0.2, 0.25) is 0 Å². The molecule has 0 spiro atoms. The second-order valence-electron chi connectivity index (χ2n) is 5.28. The van der Waals surface area contributed by atoms with Gasteiger partial charge in [-0.25, -0.2) is 0 Å². The van der Waals surface area contributed by atoms with Crippen LogP contribution < -0.4 is 16.0 Å². The minimum Gasteiger partial charge on any atom is -0.352 e. The number of nitrogens with zero attached hydrogens (tertiary/aromatic N) is 3. The summed E-state index contributed by atoms with van der Waals surface area (Å²) in [5, 5.41) is 13.4. The zero-order chi connectivity index (χ0) is 17.4. The first-order chi connectivity index (χ1) is 11.6. The summed E-state index contributed by atoms with van der Waals surface area (Å²) in [6.45, 7) is 3.80. The van der Waals surface area contributed by atoms with Gasteiger partial charge in [0.05, 0.1) is 12.2 Å². The number of amides is 1. The summed E-state index contributed by atoms with van der Waals surface area (Å²) in [6, 6.07) is 9.49. The van der Waals surface area contributed by atoms with Gasteiger partial charge in [0, 0.05) is 38.9 Å². The smallest absolute Gasteiger partial charge is 0.251 e. The van der Waals surface area contributed by atoms with Crippen molar-refractivity contribution in [3.05, 3.63) is 53.3 Å². The van der Waals surface area contributed by atoms with Gasteiger partial charge < -0.3 is 16.0 Å². The fourth-order valence-electron chi connectivity index (χ4n) is 2.19. The molecule has 0 aliphatic heterocycles. The molecule has 2 aromatic rings. The Balaban J connectivity index is 1.84. The molecule has 0 radical (unpaired) electrons. The van der Waals surface area contributed by atoms with Gasteiger partial charge in [-0.3, -0.25) is 14.5 Å². The third kappa shape index (κ3) is 4.84. The largest absolute Gasteiger partial charge is 0.352 e. The van der Waals surface area contributed by atoms with Crippen molar-refractivity contribution < 1.29 is 4.79 Å². The van der Waals surface area contributed by atoms with Crippen molar-refractivity contribution in [3.63, 3.8) is 0 Å². The number of aromatic nitrogens is 2. The molecule has 0 fully saturated rings. The maximum atomic E-state index is 11.7. The van der Waals surface area contributed by atoms with Crippen LogP contribution in [0.4, 0.5) is 0 Å². The third-order valence-electron chi connectivity index (χ3n) is 3.60. The highest BCUT2D eigenvalue weighted by Gasteiger charge is 2.04. The second kappa shape index (κ2) is 8.71. The lowest BCUT2D eigenvalue weighted by molar-refractivity contribution is 0.0956. The Morgan fingerprint density at radius 1 is 1.12 bits per heavy atom. The van der Waals surface area contributed by atoms with Crippen molar-refractivity contribution >= 4 is 11.9 Å². The molecule has 2 rings (SSSR count). The molecule has 24 heavy (non-hydrogen) atoms. The van der Waals surface area contributed by atoms with Crippen molar-refractivity contribution in [2.45, 2.75) is 20.0 Å². The highest BCUT2D eigenvalue weighted by molar-refractivity contribution is 5.94. The zero-order valence-corrected chi connectivity index (χ0v) is 14.3. The lowest BCUT2D eigenvalue weighted by Crippen LogP contribution is -2.36. The van der Waals surface area contributed by atoms with Crippen LogP contribution in [0.3, 0.4) is 0 Å². The molecule has 1 amide bonds. The molecule has 0 atom stereocenters. The van der Waals surface area contributed by atoms with Gasteiger partial charge in [0.15, 0.2) is 5.96 Å². The number of nitrogens with one attached hydrogen (secondary N) is 3. The summed E-state index contributed by atoms with van der Waals surface area (Å²) in [7, 11) is 3.64. The molecule has 1 heterocycles. The Labute approximate surface area is 142 Å². The van der Waals surface area contributed by atoms with Crippen molar-refractivity contribution in [3.8, 4) is 0 Å². The van der Waals surface area contributed by atoms with E-state index < -0.39 is 0 Å². The molecule has 128 valence electrons. The average Bonchev–Trinajstić information content (AvgIpc) is 3.01. The molecule has 0 aliphatic rings. The van der Waals surface area contributed by atoms with E-state index in [0.29, 0.717) is 31.2 Å². The van der Waals surface area contributed by atoms with Gasteiger partial charge >= 0.3 is 0 Å². The number of hydrogen-bond acceptors (Lipinski definition) is 3. The van der Waals surface area contributed by atoms with Crippen LogP contribution in [-0.4, -0.2) is 35.2 Å². The first kappa shape index (κ1) is 17.5. The van der Waals surface area contributed by atoms with Crippen LogP contribution in [0.5, 0.6) is 0 Å². The first-order valence-corrected chi connectivity index (χ1v) is 7.92. The van der Waals surface area contributed by atoms with Crippen LogP contribution in [0.1, 0.15) is 28.5 Å². The Morgan fingerprint density at radius 3 is 2.42 bits per heavy atom. The summed E-state index contributed by atoms with van der Waals surface area (Å²) in [5.74, 6) is 0.662. The molecule has 7 heteroatoms. The van der Waals surface area contributed by atoms with E-state index >= 15 is 0 Å². The van der Waals surface area contributed by atoms with Crippen LogP contribution >= 0.6 is 0 Å². The average molecular weight is 328 g/mol. The SMILES string of the molecule is CCNC(=O)c1ccc(CNC(=NC)NCc2ccnn2C)cc1. The van der Waals surface area contributed by atoms with E-state index in [4.69, 9.17) is 0 Å². The monoisotopic (exact) mass is 328 g/mol. The fourth-order valence-corrected chi connectivity index (χ4v) is 2.19. The van der Waals surface area contributed by atoms with Gasteiger partial charge in [0.25, 0.3) is 5.91 Å². The van der Waals surface area contributed by atoms with E-state index in [1.807, 2.05) is 49.0 Å². The number of hydrogen-bond donors (Lipinski definition) is 3. The molecular formula is C17H24N6O. The van der Waals surface area contributed by atoms with E-state index in [9.17, 15) is 4.79 Å². The van der Waals surface area contributed by atoms with Crippen molar-refractivity contribution in [1.29, 1.82) is 0 Å². The van der Waals surface area contributed by atoms with E-state index in [1.165, 1.54) is 0 Å². The summed E-state index contributed by atoms with van der Waals surface area (Å²) < 4.78 is 1.82. The van der Waals surface area contributed by atoms with Gasteiger partial charge in [-0.2, -0.15) is 5.10 Å². The lowest BCUT2D eigenvalue weighted by atomic mass is 10.1. The molecule has 0 saturated carbocycles. The Bertz CT molecular complexity index is 689. The standard InChI is InChI=1S/C17H24N6O/c1-4-19-16(24)14-7-5-13(6-8-14)11-20-17(18-2)21-12-15-9-10-22-23(15)3/h5-10H,4,11-12H2,1-3H3,(H,19,24)(H2,18,20,21). The van der Waals surface area contributed by atoms with Crippen LogP contribution in [0, 0.1) is 0 Å². The zero-order valence-electron chi connectivity index (χ0n) is 14.3. The van der Waals surface area contributed by atoms with Gasteiger partial charge in [0.1, 0.15) is 0 Å². The van der Waals surface area contributed by atoms with Crippen LogP contribution in [0.25, 0.3) is 0 Å². The Morgan fingerprint density at radius 2 is 1.83 bits per heavy atom. The van der Waals surface area contributed by atoms with E-state index in [2.05, 4.69) is 26.0 Å². The fraction of sp³-hybridized carbons (Fsp3) is 0.353. The molecule has 1 aromatic heterocycles. The van der Waals surface area contributed by atoms with E-state index in [1.54, 1.807) is 13.2 Å². The van der Waals surface area contributed by atoms with Crippen molar-refractivity contribution in [1.82, 2.24) is 25.7 Å². The van der Waals surface area contributed by atoms with Crippen LogP contribution in [0.2, 0.25) is 0 Å². The molecule has 0 saturated heterocycles. The maximum Gasteiger partial charge on any atom is 0.251 e. The highest BCUT2D eigenvalue weighted by atomic mass is 16.1. The van der Waals surface area contributed by atoms with Crippen molar-refractivity contribution in [2.75, 3.05) is 13.6 Å². The minimum absolute atomic E-state index is 0.0503. The summed E-state index contributed by atoms with van der Waals surface area (Å²) in [4.78, 5) is 15.9. The normalized spacial score (nSPS) is 11.2. The van der Waals surface area contributed by atoms with Crippen LogP contribution in [-0.2, 0) is 20.1 Å². The topological polar surface area (TPSA) is 83.3 Å². The molecule has 0 aliphatic carbocycles. The van der Waals surface area contributed by atoms with Gasteiger partial charge in [-0.05, 0) is 30.7 Å². The van der Waals surface area contributed by atoms with Gasteiger partial charge in [-0.1, -0.05) is 12.1 Å². The first-order valence-electron chi connectivity index (χ1n) is 7.92. The molecular weight excluding hydrogens is 304 g/mol. The lowest BCUT2D eigenvalue weighted by Gasteiger charge is -2.12. The number of aliphatic imine (C=N–C) groups is 1. The predicted octanol–water partition coefficient (Wildman–Crippen LogP) is 1.04. The number of carbonyl (C=O) groups is 1. The van der Waals surface area contributed by atoms with Crippen LogP contribution in [0.15, 0.2) is 41.5 Å². The molecule has 1 aromatic carbocycles. The summed E-state index contributed by atoms with van der Waals surface area (Å²) >= 11 is 0. The van der Waals surface area contributed by atoms with E-state index in [-0.39, 0.29) is 5.91 Å². The van der Waals surface area contributed by atoms with Gasteiger partial charge in [-0.15, -0.1) is 0 Å². The number of carbonyl (C=O) groups excluding carboxylic acids is 1. The molecule has 0 bridgehead atoms. The summed E-state index contributed by atoms with van der Waals surface area (Å²) in [6.07, 6.45) is 1.77. The number of guanidine groups is 1. The molecule has 7 nitrogen and oxygen atoms in total. The minimum atomic E-state index is -0.0503. The number of aryl methyl sites for hydroxylation is 1. The van der Waals surface area contributed by atoms with Crippen molar-refractivity contribution in [2.24, 2.45) is 12.0 Å². The number of benzene rings is 1. The highest BCUT2D eigenvalue weighted by Crippen LogP contribution is 2.04. The summed E-state index contributed by atoms with van der Waals surface area (Å²) in [5.41, 5.74) is 2.81. The van der Waals surface area contributed by atoms with E-state index in [0.717, 1.165) is 11.3 Å². The predicted molar refractivity (Wildman–Crippen MR) is 94.7 cm³/mol. The maximum absolute atomic E-state index is 11.7. The third-order valence-corrected chi connectivity index (χ3v) is 3.60.